The maximum atomic E-state index is 11.1. The van der Waals surface area contributed by atoms with E-state index in [-0.39, 0.29) is 0 Å². The summed E-state index contributed by atoms with van der Waals surface area (Å²) in [6.45, 7) is 25.9. The normalized spacial score (nSPS) is 15.1. The molecule has 3 rings (SSSR count). The molecule has 0 bridgehead atoms. The summed E-state index contributed by atoms with van der Waals surface area (Å²) in [7, 11) is 0. The molecule has 0 aliphatic carbocycles. The zero-order chi connectivity index (χ0) is 31.9. The summed E-state index contributed by atoms with van der Waals surface area (Å²) >= 11 is 0. The molecule has 2 N–H and O–H groups in total. The quantitative estimate of drug-likeness (QED) is 0.176. The molecule has 44 heavy (non-hydrogen) atoms. The van der Waals surface area contributed by atoms with Crippen molar-refractivity contribution in [1.29, 1.82) is 0 Å². The number of hydrogen-bond donors (Lipinski definition) is 2. The summed E-state index contributed by atoms with van der Waals surface area (Å²) in [5, 5.41) is 22.1. The lowest BCUT2D eigenvalue weighted by molar-refractivity contribution is 0.120. The highest BCUT2D eigenvalue weighted by atomic mass is 16.3. The summed E-state index contributed by atoms with van der Waals surface area (Å²) in [6, 6.07) is 8.22. The van der Waals surface area contributed by atoms with Crippen LogP contribution in [0.15, 0.2) is 34.3 Å². The van der Waals surface area contributed by atoms with E-state index in [0.717, 1.165) is 125 Å². The molecule has 0 spiro atoms. The van der Waals surface area contributed by atoms with Crippen molar-refractivity contribution in [3.8, 4) is 11.5 Å². The van der Waals surface area contributed by atoms with E-state index in [0.29, 0.717) is 24.6 Å². The van der Waals surface area contributed by atoms with Gasteiger partial charge in [0.2, 0.25) is 0 Å². The Morgan fingerprint density at radius 2 is 1.00 bits per heavy atom. The highest BCUT2D eigenvalue weighted by Crippen LogP contribution is 2.27. The molecule has 0 amide bonds. The van der Waals surface area contributed by atoms with E-state index >= 15 is 0 Å². The summed E-state index contributed by atoms with van der Waals surface area (Å²) in [4.78, 5) is 18.9. The third-order valence-electron chi connectivity index (χ3n) is 8.75. The number of nitrogens with zero attached hydrogens (tertiary/aromatic N) is 6. The van der Waals surface area contributed by atoms with Crippen LogP contribution in [0.25, 0.3) is 0 Å². The monoisotopic (exact) mass is 606 g/mol. The first-order chi connectivity index (χ1) is 21.3. The van der Waals surface area contributed by atoms with Gasteiger partial charge in [-0.15, -0.1) is 0 Å². The second-order valence-electron chi connectivity index (χ2n) is 12.1. The third-order valence-corrected chi connectivity index (χ3v) is 8.75. The van der Waals surface area contributed by atoms with Crippen LogP contribution >= 0.6 is 0 Å². The number of phenolic OH excluding ortho intramolecular Hbond substituents is 2. The molecule has 8 heteroatoms. The minimum Gasteiger partial charge on any atom is -0.507 e. The molecule has 1 aliphatic heterocycles. The average Bonchev–Trinajstić information content (AvgIpc) is 3.02. The van der Waals surface area contributed by atoms with Gasteiger partial charge in [0, 0.05) is 87.0 Å². The predicted molar refractivity (Wildman–Crippen MR) is 186 cm³/mol. The Kier molecular flexibility index (Phi) is 15.3. The van der Waals surface area contributed by atoms with E-state index in [1.165, 1.54) is 0 Å². The summed E-state index contributed by atoms with van der Waals surface area (Å²) in [5.41, 5.74) is 5.80. The molecule has 0 atom stereocenters. The topological polar surface area (TPSA) is 78.1 Å². The molecule has 2 aromatic carbocycles. The second-order valence-corrected chi connectivity index (χ2v) is 12.1. The molecular weight excluding hydrogens is 548 g/mol. The Balaban J connectivity index is 1.52. The fourth-order valence-electron chi connectivity index (χ4n) is 5.97. The molecule has 0 saturated carbocycles. The van der Waals surface area contributed by atoms with Crippen molar-refractivity contribution < 1.29 is 10.2 Å². The summed E-state index contributed by atoms with van der Waals surface area (Å²) in [5.74, 6) is 0.690. The minimum absolute atomic E-state index is 0.345. The number of piperazine rings is 1. The Labute approximate surface area is 267 Å². The Hall–Kier alpha value is -2.78. The first-order valence-corrected chi connectivity index (χ1v) is 16.8. The van der Waals surface area contributed by atoms with Crippen LogP contribution in [0.1, 0.15) is 73.9 Å². The fraction of sp³-hybridized carbons (Fsp3) is 0.611. The highest BCUT2D eigenvalue weighted by molar-refractivity contribution is 5.85. The van der Waals surface area contributed by atoms with Crippen LogP contribution in [-0.4, -0.2) is 121 Å². The van der Waals surface area contributed by atoms with E-state index in [9.17, 15) is 10.2 Å². The zero-order valence-electron chi connectivity index (χ0n) is 28.4. The van der Waals surface area contributed by atoms with E-state index in [1.807, 2.05) is 24.6 Å². The number of phenols is 2. The third kappa shape index (κ3) is 11.3. The molecular formula is C36H58N6O2. The van der Waals surface area contributed by atoms with Gasteiger partial charge >= 0.3 is 0 Å². The maximum absolute atomic E-state index is 11.1. The lowest BCUT2D eigenvalue weighted by Gasteiger charge is -2.35. The van der Waals surface area contributed by atoms with Gasteiger partial charge in [0.15, 0.2) is 0 Å². The van der Waals surface area contributed by atoms with Gasteiger partial charge in [-0.2, -0.15) is 0 Å². The smallest absolute Gasteiger partial charge is 0.128 e. The molecule has 244 valence electrons. The average molecular weight is 607 g/mol. The molecule has 0 aromatic heterocycles. The first-order valence-electron chi connectivity index (χ1n) is 16.8. The van der Waals surface area contributed by atoms with E-state index in [2.05, 4.69) is 83.3 Å². The molecule has 1 fully saturated rings. The second kappa shape index (κ2) is 18.9. The molecule has 0 radical (unpaired) electrons. The Morgan fingerprint density at radius 3 is 1.34 bits per heavy atom. The van der Waals surface area contributed by atoms with E-state index in [1.54, 1.807) is 0 Å². The number of aryl methyl sites for hydroxylation is 2. The fourth-order valence-corrected chi connectivity index (χ4v) is 5.97. The number of aromatic hydroxyl groups is 2. The maximum Gasteiger partial charge on any atom is 0.128 e. The van der Waals surface area contributed by atoms with Crippen LogP contribution in [0.3, 0.4) is 0 Å². The number of rotatable bonds is 18. The van der Waals surface area contributed by atoms with Crippen molar-refractivity contribution in [2.24, 2.45) is 9.98 Å². The van der Waals surface area contributed by atoms with Crippen molar-refractivity contribution >= 4 is 12.4 Å². The molecule has 0 unspecified atom stereocenters. The van der Waals surface area contributed by atoms with Crippen molar-refractivity contribution in [1.82, 2.24) is 19.6 Å². The number of aliphatic imine (C=N–C) groups is 2. The van der Waals surface area contributed by atoms with Crippen molar-refractivity contribution in [2.45, 2.75) is 67.5 Å². The number of benzene rings is 2. The molecule has 1 aliphatic rings. The van der Waals surface area contributed by atoms with Gasteiger partial charge in [0.05, 0.1) is 0 Å². The van der Waals surface area contributed by atoms with Crippen molar-refractivity contribution in [3.05, 3.63) is 57.6 Å². The van der Waals surface area contributed by atoms with Crippen LogP contribution in [0.4, 0.5) is 0 Å². The lowest BCUT2D eigenvalue weighted by Crippen LogP contribution is -2.45. The molecule has 2 aromatic rings. The van der Waals surface area contributed by atoms with Gasteiger partial charge in [0.25, 0.3) is 0 Å². The minimum atomic E-state index is 0.345. The van der Waals surface area contributed by atoms with Crippen LogP contribution in [0, 0.1) is 13.8 Å². The van der Waals surface area contributed by atoms with Gasteiger partial charge in [-0.1, -0.05) is 39.8 Å². The van der Waals surface area contributed by atoms with E-state index < -0.39 is 0 Å². The molecule has 8 nitrogen and oxygen atoms in total. The van der Waals surface area contributed by atoms with Crippen LogP contribution in [0.5, 0.6) is 11.5 Å². The lowest BCUT2D eigenvalue weighted by atomic mass is 10.0. The summed E-state index contributed by atoms with van der Waals surface area (Å²) < 4.78 is 0. The van der Waals surface area contributed by atoms with Crippen molar-refractivity contribution in [2.75, 3.05) is 78.5 Å². The van der Waals surface area contributed by atoms with E-state index in [4.69, 9.17) is 0 Å². The highest BCUT2D eigenvalue weighted by Gasteiger charge is 2.20. The largest absolute Gasteiger partial charge is 0.507 e. The van der Waals surface area contributed by atoms with Gasteiger partial charge in [-0.3, -0.25) is 19.8 Å². The van der Waals surface area contributed by atoms with Gasteiger partial charge in [0.1, 0.15) is 11.5 Å². The van der Waals surface area contributed by atoms with Crippen molar-refractivity contribution in [3.63, 3.8) is 0 Å². The Bertz CT molecular complexity index is 1100. The van der Waals surface area contributed by atoms with Gasteiger partial charge in [-0.25, -0.2) is 0 Å². The van der Waals surface area contributed by atoms with Gasteiger partial charge < -0.3 is 20.0 Å². The van der Waals surface area contributed by atoms with Crippen LogP contribution < -0.4 is 0 Å². The van der Waals surface area contributed by atoms with Crippen LogP contribution in [-0.2, 0) is 13.1 Å². The molecule has 1 heterocycles. The summed E-state index contributed by atoms with van der Waals surface area (Å²) in [6.07, 6.45) is 5.72. The molecule has 1 saturated heterocycles. The number of hydrogen-bond acceptors (Lipinski definition) is 8. The first kappa shape index (κ1) is 35.7. The zero-order valence-corrected chi connectivity index (χ0v) is 28.4. The van der Waals surface area contributed by atoms with Crippen LogP contribution in [0.2, 0.25) is 0 Å². The standard InChI is InChI=1S/C36H58N6O2/c1-7-39(8-2)15-11-13-37-25-31-21-29(5)23-33(35(31)43)27-41-17-19-42(20-18-41)28-34-24-30(6)22-32(36(34)44)26-38-14-12-16-40(9-3)10-4/h21-26,43-44H,7-20,27-28H2,1-6H3. The predicted octanol–water partition coefficient (Wildman–Crippen LogP) is 5.33. The SMILES string of the molecule is CCN(CC)CCCN=Cc1cc(C)cc(CN2CCN(Cc3cc(C)cc(C=NCCCN(CC)CC)c3O)CC2)c1O. The van der Waals surface area contributed by atoms with Gasteiger partial charge in [-0.05, 0) is 89.2 Å². The Morgan fingerprint density at radius 1 is 0.636 bits per heavy atom.